The molecule has 0 aliphatic heterocycles. The molecule has 2 rings (SSSR count). The maximum Gasteiger partial charge on any atom is 0.142 e. The van der Waals surface area contributed by atoms with Gasteiger partial charge in [-0.15, -0.1) is 24.0 Å². The number of benzene rings is 1. The first-order valence-electron chi connectivity index (χ1n) is 3.24. The molecule has 0 spiro atoms. The molecule has 0 bridgehead atoms. The van der Waals surface area contributed by atoms with Crippen LogP contribution in [-0.4, -0.2) is 0 Å². The predicted octanol–water partition coefficient (Wildman–Crippen LogP) is 3.93. The Morgan fingerprint density at radius 3 is 3.00 bits per heavy atom. The monoisotopic (exact) mass is 310 g/mol. The summed E-state index contributed by atoms with van der Waals surface area (Å²) in [4.78, 5) is 0.869. The molecule has 0 fully saturated rings. The summed E-state index contributed by atoms with van der Waals surface area (Å²) in [6.07, 6.45) is 0. The minimum Gasteiger partial charge on any atom is -0.205 e. The maximum absolute atomic E-state index is 13.2. The minimum absolute atomic E-state index is 0.151. The van der Waals surface area contributed by atoms with Crippen molar-refractivity contribution in [1.29, 1.82) is 0 Å². The third-order valence-corrected chi connectivity index (χ3v) is 4.30. The maximum atomic E-state index is 13.2. The topological polar surface area (TPSA) is 0 Å². The Hall–Kier alpha value is 0.190. The second-order valence-electron chi connectivity index (χ2n) is 2.35. The van der Waals surface area contributed by atoms with Gasteiger partial charge in [-0.2, -0.15) is 0 Å². The van der Waals surface area contributed by atoms with Crippen LogP contribution in [0.4, 0.5) is 4.39 Å². The zero-order chi connectivity index (χ0) is 8.72. The molecule has 1 heterocycles. The van der Waals surface area contributed by atoms with E-state index in [9.17, 15) is 4.39 Å². The molecule has 0 aliphatic rings. The zero-order valence-corrected chi connectivity index (χ0v) is 9.71. The molecule has 0 nitrogen and oxygen atoms in total. The van der Waals surface area contributed by atoms with Gasteiger partial charge in [0.1, 0.15) is 5.82 Å². The lowest BCUT2D eigenvalue weighted by Gasteiger charge is -1.99. The molecule has 0 aliphatic carbocycles. The van der Waals surface area contributed by atoms with Crippen LogP contribution in [0.3, 0.4) is 0 Å². The molecular formula is C8H4FIS2. The lowest BCUT2D eigenvalue weighted by Crippen LogP contribution is -1.80. The fourth-order valence-electron chi connectivity index (χ4n) is 1.05. The van der Waals surface area contributed by atoms with Crippen molar-refractivity contribution < 1.29 is 4.39 Å². The van der Waals surface area contributed by atoms with Crippen LogP contribution in [-0.2, 0) is 0 Å². The van der Waals surface area contributed by atoms with Crippen LogP contribution in [0.1, 0.15) is 0 Å². The summed E-state index contributed by atoms with van der Waals surface area (Å²) in [5, 5.41) is 2.79. The number of thiol groups is 1. The molecule has 0 radical (unpaired) electrons. The predicted molar refractivity (Wildman–Crippen MR) is 61.8 cm³/mol. The van der Waals surface area contributed by atoms with Gasteiger partial charge in [-0.1, -0.05) is 0 Å². The molecule has 1 aromatic carbocycles. The van der Waals surface area contributed by atoms with Crippen molar-refractivity contribution in [3.8, 4) is 0 Å². The second kappa shape index (κ2) is 3.16. The number of fused-ring (bicyclic) bond motifs is 1. The first kappa shape index (κ1) is 8.77. The smallest absolute Gasteiger partial charge is 0.142 e. The van der Waals surface area contributed by atoms with Crippen molar-refractivity contribution in [2.45, 2.75) is 4.90 Å². The number of thiophene rings is 1. The fraction of sp³-hybridized carbons (Fsp3) is 0. The lowest BCUT2D eigenvalue weighted by atomic mass is 10.2. The second-order valence-corrected chi connectivity index (χ2v) is 4.88. The van der Waals surface area contributed by atoms with Gasteiger partial charge in [0.05, 0.1) is 4.70 Å². The van der Waals surface area contributed by atoms with E-state index in [1.54, 1.807) is 0 Å². The van der Waals surface area contributed by atoms with E-state index in [1.807, 2.05) is 11.4 Å². The van der Waals surface area contributed by atoms with Crippen LogP contribution in [0, 0.1) is 9.39 Å². The van der Waals surface area contributed by atoms with E-state index >= 15 is 0 Å². The summed E-state index contributed by atoms with van der Waals surface area (Å²) in [5.74, 6) is -0.151. The van der Waals surface area contributed by atoms with Crippen LogP contribution < -0.4 is 0 Å². The molecule has 0 unspecified atom stereocenters. The van der Waals surface area contributed by atoms with Gasteiger partial charge in [-0.25, -0.2) is 4.39 Å². The highest BCUT2D eigenvalue weighted by Gasteiger charge is 2.08. The Morgan fingerprint density at radius 1 is 1.50 bits per heavy atom. The van der Waals surface area contributed by atoms with Gasteiger partial charge in [0.2, 0.25) is 0 Å². The molecule has 0 N–H and O–H groups in total. The molecule has 12 heavy (non-hydrogen) atoms. The third-order valence-electron chi connectivity index (χ3n) is 1.62. The van der Waals surface area contributed by atoms with Gasteiger partial charge in [0, 0.05) is 13.9 Å². The number of hydrogen-bond donors (Lipinski definition) is 1. The summed E-state index contributed by atoms with van der Waals surface area (Å²) < 4.78 is 14.8. The van der Waals surface area contributed by atoms with Crippen molar-refractivity contribution in [3.05, 3.63) is 26.9 Å². The Labute approximate surface area is 92.3 Å². The molecular weight excluding hydrogens is 306 g/mol. The van der Waals surface area contributed by atoms with Gasteiger partial charge in [-0.05, 0) is 40.1 Å². The number of hydrogen-bond acceptors (Lipinski definition) is 2. The van der Waals surface area contributed by atoms with Crippen molar-refractivity contribution in [2.24, 2.45) is 0 Å². The first-order valence-corrected chi connectivity index (χ1v) is 5.65. The zero-order valence-electron chi connectivity index (χ0n) is 5.84. The standard InChI is InChI=1S/C8H4FIS2/c9-5-3-6(10)7(11)4-1-2-12-8(4)5/h1-3,11H. The van der Waals surface area contributed by atoms with Crippen LogP contribution in [0.15, 0.2) is 22.4 Å². The largest absolute Gasteiger partial charge is 0.205 e. The molecule has 1 aromatic heterocycles. The highest BCUT2D eigenvalue weighted by Crippen LogP contribution is 2.32. The molecule has 62 valence electrons. The van der Waals surface area contributed by atoms with Gasteiger partial charge in [0.15, 0.2) is 0 Å². The van der Waals surface area contributed by atoms with E-state index in [2.05, 4.69) is 35.2 Å². The average Bonchev–Trinajstić information content (AvgIpc) is 2.48. The van der Waals surface area contributed by atoms with E-state index in [-0.39, 0.29) is 5.82 Å². The summed E-state index contributed by atoms with van der Waals surface area (Å²) in [6.45, 7) is 0. The van der Waals surface area contributed by atoms with E-state index in [4.69, 9.17) is 0 Å². The van der Waals surface area contributed by atoms with Crippen LogP contribution in [0.5, 0.6) is 0 Å². The van der Waals surface area contributed by atoms with E-state index in [0.29, 0.717) is 4.70 Å². The van der Waals surface area contributed by atoms with Crippen LogP contribution in [0.25, 0.3) is 10.1 Å². The lowest BCUT2D eigenvalue weighted by molar-refractivity contribution is 0.640. The highest BCUT2D eigenvalue weighted by atomic mass is 127. The van der Waals surface area contributed by atoms with Crippen molar-refractivity contribution in [3.63, 3.8) is 0 Å². The SMILES string of the molecule is Fc1cc(I)c(S)c2ccsc12. The molecule has 4 heteroatoms. The van der Waals surface area contributed by atoms with Crippen molar-refractivity contribution in [2.75, 3.05) is 0 Å². The van der Waals surface area contributed by atoms with Gasteiger partial charge in [0.25, 0.3) is 0 Å². The summed E-state index contributed by atoms with van der Waals surface area (Å²) in [5.41, 5.74) is 0. The van der Waals surface area contributed by atoms with Crippen molar-refractivity contribution in [1.82, 2.24) is 0 Å². The Kier molecular flexibility index (Phi) is 2.31. The summed E-state index contributed by atoms with van der Waals surface area (Å²) in [7, 11) is 0. The van der Waals surface area contributed by atoms with Crippen LogP contribution in [0.2, 0.25) is 0 Å². The van der Waals surface area contributed by atoms with Gasteiger partial charge in [-0.3, -0.25) is 0 Å². The number of rotatable bonds is 0. The van der Waals surface area contributed by atoms with Crippen LogP contribution >= 0.6 is 46.6 Å². The van der Waals surface area contributed by atoms with E-state index < -0.39 is 0 Å². The minimum atomic E-state index is -0.151. The molecule has 0 saturated carbocycles. The normalized spacial score (nSPS) is 10.9. The molecule has 0 saturated heterocycles. The Morgan fingerprint density at radius 2 is 2.25 bits per heavy atom. The van der Waals surface area contributed by atoms with E-state index in [0.717, 1.165) is 13.9 Å². The Bertz CT molecular complexity index is 436. The van der Waals surface area contributed by atoms with Gasteiger partial charge < -0.3 is 0 Å². The van der Waals surface area contributed by atoms with Gasteiger partial charge >= 0.3 is 0 Å². The first-order chi connectivity index (χ1) is 5.70. The van der Waals surface area contributed by atoms with E-state index in [1.165, 1.54) is 17.4 Å². The summed E-state index contributed by atoms with van der Waals surface area (Å²) >= 11 is 7.80. The molecule has 0 atom stereocenters. The third kappa shape index (κ3) is 1.25. The molecule has 0 amide bonds. The summed E-state index contributed by atoms with van der Waals surface area (Å²) in [6, 6.07) is 3.41. The number of halogens is 2. The molecule has 2 aromatic rings. The quantitative estimate of drug-likeness (QED) is 0.553. The average molecular weight is 310 g/mol. The fourth-order valence-corrected chi connectivity index (χ4v) is 2.75. The highest BCUT2D eigenvalue weighted by molar-refractivity contribution is 14.1. The van der Waals surface area contributed by atoms with Crippen molar-refractivity contribution >= 4 is 56.6 Å². The Balaban J connectivity index is 2.97.